The third-order valence-corrected chi connectivity index (χ3v) is 3.27. The van der Waals surface area contributed by atoms with Crippen molar-refractivity contribution in [1.29, 1.82) is 0 Å². The minimum absolute atomic E-state index is 0.262. The molecule has 1 saturated heterocycles. The Kier molecular flexibility index (Phi) is 3.94. The summed E-state index contributed by atoms with van der Waals surface area (Å²) in [6.07, 6.45) is 0.554. The minimum atomic E-state index is -0.905. The third kappa shape index (κ3) is 2.85. The van der Waals surface area contributed by atoms with E-state index in [9.17, 15) is 13.9 Å². The first-order chi connectivity index (χ1) is 8.52. The van der Waals surface area contributed by atoms with Crippen LogP contribution in [0.4, 0.5) is 8.78 Å². The van der Waals surface area contributed by atoms with Crippen molar-refractivity contribution in [3.63, 3.8) is 0 Å². The van der Waals surface area contributed by atoms with E-state index in [-0.39, 0.29) is 18.2 Å². The Labute approximate surface area is 105 Å². The summed E-state index contributed by atoms with van der Waals surface area (Å²) in [5.41, 5.74) is -0.643. The van der Waals surface area contributed by atoms with E-state index < -0.39 is 17.2 Å². The molecule has 0 aromatic heterocycles. The number of halogens is 2. The largest absolute Gasteiger partial charge is 0.386 e. The molecule has 0 bridgehead atoms. The fourth-order valence-corrected chi connectivity index (χ4v) is 2.04. The van der Waals surface area contributed by atoms with Crippen molar-refractivity contribution in [3.8, 4) is 0 Å². The Hall–Kier alpha value is -1.04. The van der Waals surface area contributed by atoms with Crippen LogP contribution in [0, 0.1) is 11.6 Å². The second-order valence-electron chi connectivity index (χ2n) is 4.77. The van der Waals surface area contributed by atoms with Crippen LogP contribution in [0.1, 0.15) is 24.9 Å². The molecule has 2 atom stereocenters. The van der Waals surface area contributed by atoms with Gasteiger partial charge in [0.15, 0.2) is 11.6 Å². The van der Waals surface area contributed by atoms with Gasteiger partial charge in [-0.05, 0) is 13.0 Å². The van der Waals surface area contributed by atoms with E-state index >= 15 is 0 Å². The maximum absolute atomic E-state index is 13.5. The summed E-state index contributed by atoms with van der Waals surface area (Å²) in [6, 6.07) is 3.72. The zero-order chi connectivity index (χ0) is 13.2. The van der Waals surface area contributed by atoms with E-state index in [1.54, 1.807) is 6.92 Å². The lowest BCUT2D eigenvalue weighted by atomic mass is 10.0. The van der Waals surface area contributed by atoms with Gasteiger partial charge in [0.2, 0.25) is 0 Å². The van der Waals surface area contributed by atoms with E-state index in [0.29, 0.717) is 19.6 Å². The highest BCUT2D eigenvalue weighted by Gasteiger charge is 2.32. The average Bonchev–Trinajstić information content (AvgIpc) is 2.77. The van der Waals surface area contributed by atoms with Gasteiger partial charge in [-0.15, -0.1) is 0 Å². The molecule has 18 heavy (non-hydrogen) atoms. The number of benzene rings is 1. The fraction of sp³-hybridized carbons (Fsp3) is 0.538. The predicted octanol–water partition coefficient (Wildman–Crippen LogP) is 1.77. The molecular weight excluding hydrogens is 240 g/mol. The normalized spacial score (nSPS) is 25.3. The Morgan fingerprint density at radius 2 is 2.28 bits per heavy atom. The van der Waals surface area contributed by atoms with Crippen molar-refractivity contribution in [1.82, 2.24) is 5.32 Å². The zero-order valence-corrected chi connectivity index (χ0v) is 10.2. The van der Waals surface area contributed by atoms with Gasteiger partial charge in [0.1, 0.15) is 5.60 Å². The summed E-state index contributed by atoms with van der Waals surface area (Å²) in [6.45, 7) is 2.83. The lowest BCUT2D eigenvalue weighted by molar-refractivity contribution is 0.0251. The Morgan fingerprint density at radius 1 is 1.50 bits per heavy atom. The first-order valence-corrected chi connectivity index (χ1v) is 5.99. The topological polar surface area (TPSA) is 41.5 Å². The monoisotopic (exact) mass is 257 g/mol. The molecule has 1 heterocycles. The number of hydrogen-bond donors (Lipinski definition) is 2. The Balaban J connectivity index is 1.99. The number of rotatable bonds is 4. The molecule has 5 heteroatoms. The maximum Gasteiger partial charge on any atom is 0.163 e. The van der Waals surface area contributed by atoms with Crippen LogP contribution in [-0.4, -0.2) is 30.5 Å². The molecule has 0 radical (unpaired) electrons. The second kappa shape index (κ2) is 5.30. The van der Waals surface area contributed by atoms with Crippen LogP contribution >= 0.6 is 0 Å². The quantitative estimate of drug-likeness (QED) is 0.863. The van der Waals surface area contributed by atoms with Gasteiger partial charge in [0.25, 0.3) is 0 Å². The van der Waals surface area contributed by atoms with E-state index in [2.05, 4.69) is 5.32 Å². The van der Waals surface area contributed by atoms with Gasteiger partial charge in [-0.2, -0.15) is 0 Å². The van der Waals surface area contributed by atoms with Gasteiger partial charge < -0.3 is 15.2 Å². The maximum atomic E-state index is 13.5. The average molecular weight is 257 g/mol. The Morgan fingerprint density at radius 3 is 2.94 bits per heavy atom. The van der Waals surface area contributed by atoms with Gasteiger partial charge in [0, 0.05) is 31.2 Å². The summed E-state index contributed by atoms with van der Waals surface area (Å²) in [5, 5.41) is 13.1. The fourth-order valence-electron chi connectivity index (χ4n) is 2.04. The molecular formula is C13H17F2NO2. The van der Waals surface area contributed by atoms with Crippen LogP contribution in [0.25, 0.3) is 0 Å². The molecule has 0 aliphatic carbocycles. The highest BCUT2D eigenvalue weighted by atomic mass is 19.2. The lowest BCUT2D eigenvalue weighted by Gasteiger charge is -2.24. The zero-order valence-electron chi connectivity index (χ0n) is 10.2. The molecule has 0 amide bonds. The van der Waals surface area contributed by atoms with Crippen molar-refractivity contribution in [2.45, 2.75) is 25.0 Å². The molecule has 100 valence electrons. The van der Waals surface area contributed by atoms with Crippen LogP contribution in [0.15, 0.2) is 18.2 Å². The van der Waals surface area contributed by atoms with Crippen LogP contribution in [0.2, 0.25) is 0 Å². The SMILES string of the molecule is CC(NCC1(O)CCOC1)c1cccc(F)c1F. The Bertz CT molecular complexity index is 419. The van der Waals surface area contributed by atoms with Gasteiger partial charge in [-0.25, -0.2) is 8.78 Å². The van der Waals surface area contributed by atoms with E-state index in [4.69, 9.17) is 4.74 Å². The van der Waals surface area contributed by atoms with Crippen molar-refractivity contribution >= 4 is 0 Å². The van der Waals surface area contributed by atoms with Crippen LogP contribution in [0.5, 0.6) is 0 Å². The molecule has 1 aliphatic rings. The second-order valence-corrected chi connectivity index (χ2v) is 4.77. The number of hydrogen-bond acceptors (Lipinski definition) is 3. The third-order valence-electron chi connectivity index (χ3n) is 3.27. The van der Waals surface area contributed by atoms with E-state index in [1.165, 1.54) is 12.1 Å². The molecule has 3 nitrogen and oxygen atoms in total. The van der Waals surface area contributed by atoms with Gasteiger partial charge in [-0.1, -0.05) is 12.1 Å². The van der Waals surface area contributed by atoms with Crippen molar-refractivity contribution in [3.05, 3.63) is 35.4 Å². The van der Waals surface area contributed by atoms with Crippen molar-refractivity contribution < 1.29 is 18.6 Å². The molecule has 1 fully saturated rings. The molecule has 2 unspecified atom stereocenters. The molecule has 2 N–H and O–H groups in total. The molecule has 1 aromatic rings. The van der Waals surface area contributed by atoms with Crippen LogP contribution < -0.4 is 5.32 Å². The smallest absolute Gasteiger partial charge is 0.163 e. The summed E-state index contributed by atoms with van der Waals surface area (Å²) in [4.78, 5) is 0. The van der Waals surface area contributed by atoms with Gasteiger partial charge >= 0.3 is 0 Å². The van der Waals surface area contributed by atoms with Gasteiger partial charge in [-0.3, -0.25) is 0 Å². The summed E-state index contributed by atoms with van der Waals surface area (Å²) in [7, 11) is 0. The number of ether oxygens (including phenoxy) is 1. The summed E-state index contributed by atoms with van der Waals surface area (Å²) >= 11 is 0. The summed E-state index contributed by atoms with van der Waals surface area (Å²) in [5.74, 6) is -1.70. The molecule has 1 aromatic carbocycles. The van der Waals surface area contributed by atoms with Gasteiger partial charge in [0.05, 0.1) is 6.61 Å². The highest BCUT2D eigenvalue weighted by molar-refractivity contribution is 5.22. The minimum Gasteiger partial charge on any atom is -0.386 e. The van der Waals surface area contributed by atoms with Crippen molar-refractivity contribution in [2.24, 2.45) is 0 Å². The predicted molar refractivity (Wildman–Crippen MR) is 63.2 cm³/mol. The molecule has 1 aliphatic heterocycles. The first kappa shape index (κ1) is 13.4. The van der Waals surface area contributed by atoms with Crippen LogP contribution in [0.3, 0.4) is 0 Å². The van der Waals surface area contributed by atoms with E-state index in [1.807, 2.05) is 0 Å². The number of nitrogens with one attached hydrogen (secondary N) is 1. The standard InChI is InChI=1S/C13H17F2NO2/c1-9(10-3-2-4-11(14)12(10)15)16-7-13(17)5-6-18-8-13/h2-4,9,16-17H,5-8H2,1H3. The summed E-state index contributed by atoms with van der Waals surface area (Å²) < 4.78 is 31.7. The molecule has 0 spiro atoms. The van der Waals surface area contributed by atoms with Crippen LogP contribution in [-0.2, 0) is 4.74 Å². The molecule has 0 saturated carbocycles. The number of aliphatic hydroxyl groups is 1. The van der Waals surface area contributed by atoms with Crippen molar-refractivity contribution in [2.75, 3.05) is 19.8 Å². The lowest BCUT2D eigenvalue weighted by Crippen LogP contribution is -2.42. The highest BCUT2D eigenvalue weighted by Crippen LogP contribution is 2.21. The first-order valence-electron chi connectivity index (χ1n) is 5.99. The molecule has 2 rings (SSSR count). The van der Waals surface area contributed by atoms with E-state index in [0.717, 1.165) is 6.07 Å².